The van der Waals surface area contributed by atoms with Crippen LogP contribution in [0.3, 0.4) is 0 Å². The molecule has 0 atom stereocenters. The number of aromatic nitrogens is 2. The highest BCUT2D eigenvalue weighted by Crippen LogP contribution is 2.47. The molecule has 1 aliphatic heterocycles. The van der Waals surface area contributed by atoms with E-state index in [0.29, 0.717) is 16.9 Å². The lowest BCUT2D eigenvalue weighted by molar-refractivity contribution is 0.364. The van der Waals surface area contributed by atoms with Gasteiger partial charge in [-0.05, 0) is 46.8 Å². The van der Waals surface area contributed by atoms with E-state index >= 15 is 0 Å². The largest absolute Gasteiger partial charge is 0.481 e. The van der Waals surface area contributed by atoms with Gasteiger partial charge in [-0.1, -0.05) is 61.6 Å². The lowest BCUT2D eigenvalue weighted by Crippen LogP contribution is -2.22. The zero-order chi connectivity index (χ0) is 21.0. The van der Waals surface area contributed by atoms with Gasteiger partial charge in [0.1, 0.15) is 5.04 Å². The van der Waals surface area contributed by atoms with E-state index in [4.69, 9.17) is 14.5 Å². The van der Waals surface area contributed by atoms with Crippen LogP contribution in [-0.4, -0.2) is 29.2 Å². The van der Waals surface area contributed by atoms with Crippen molar-refractivity contribution in [3.8, 4) is 11.8 Å². The molecule has 0 unspecified atom stereocenters. The summed E-state index contributed by atoms with van der Waals surface area (Å²) < 4.78 is 10.5. The minimum atomic E-state index is -0.0176. The number of hydrogen-bond donors (Lipinski definition) is 0. The minimum Gasteiger partial charge on any atom is -0.481 e. The number of aliphatic imine (C=N–C) groups is 1. The molecule has 3 rings (SSSR count). The molecule has 0 aliphatic carbocycles. The molecular weight excluding hydrogens is 402 g/mol. The number of hydrogen-bond acceptors (Lipinski definition) is 7. The fraction of sp³-hybridized carbons (Fsp3) is 0.318. The maximum Gasteiger partial charge on any atom is 0.220 e. The number of nitrogens with zero attached hydrogens (tertiary/aromatic N) is 3. The van der Waals surface area contributed by atoms with E-state index in [1.807, 2.05) is 12.1 Å². The fourth-order valence-electron chi connectivity index (χ4n) is 2.66. The first kappa shape index (κ1) is 21.5. The minimum absolute atomic E-state index is 0.0176. The molecule has 0 radical (unpaired) electrons. The highest BCUT2D eigenvalue weighted by atomic mass is 32.2. The Morgan fingerprint density at radius 1 is 1.14 bits per heavy atom. The summed E-state index contributed by atoms with van der Waals surface area (Å²) in [6, 6.07) is 9.86. The second-order valence-corrected chi connectivity index (χ2v) is 9.25. The number of aryl methyl sites for hydroxylation is 1. The van der Waals surface area contributed by atoms with Crippen LogP contribution >= 0.6 is 23.5 Å². The number of rotatable bonds is 5. The molecule has 0 N–H and O–H groups in total. The molecule has 2 heterocycles. The first-order valence-electron chi connectivity index (χ1n) is 9.16. The number of methoxy groups -OCH3 is 2. The van der Waals surface area contributed by atoms with Crippen LogP contribution in [0.1, 0.15) is 25.8 Å². The van der Waals surface area contributed by atoms with Crippen molar-refractivity contribution in [1.82, 2.24) is 9.97 Å². The normalized spacial score (nSPS) is 18.9. The third-order valence-corrected chi connectivity index (χ3v) is 6.67. The Balaban J connectivity index is 1.94. The predicted octanol–water partition coefficient (Wildman–Crippen LogP) is 6.19. The van der Waals surface area contributed by atoms with Crippen molar-refractivity contribution in [3.63, 3.8) is 0 Å². The van der Waals surface area contributed by atoms with Gasteiger partial charge in [0, 0.05) is 0 Å². The van der Waals surface area contributed by atoms with E-state index in [9.17, 15) is 0 Å². The Morgan fingerprint density at radius 2 is 1.76 bits per heavy atom. The highest BCUT2D eigenvalue weighted by molar-refractivity contribution is 8.17. The van der Waals surface area contributed by atoms with Gasteiger partial charge >= 0.3 is 0 Å². The van der Waals surface area contributed by atoms with Crippen LogP contribution in [0.4, 0.5) is 5.69 Å². The summed E-state index contributed by atoms with van der Waals surface area (Å²) >= 11 is 3.07. The molecule has 1 aromatic carbocycles. The molecule has 7 heteroatoms. The van der Waals surface area contributed by atoms with Gasteiger partial charge in [0.05, 0.1) is 26.0 Å². The zero-order valence-corrected chi connectivity index (χ0v) is 19.0. The smallest absolute Gasteiger partial charge is 0.220 e. The topological polar surface area (TPSA) is 56.6 Å². The van der Waals surface area contributed by atoms with Crippen LogP contribution in [0.2, 0.25) is 0 Å². The molecule has 0 saturated carbocycles. The number of benzene rings is 1. The third kappa shape index (κ3) is 5.42. The van der Waals surface area contributed by atoms with E-state index in [1.165, 1.54) is 17.3 Å². The predicted molar refractivity (Wildman–Crippen MR) is 122 cm³/mol. The van der Waals surface area contributed by atoms with Gasteiger partial charge in [-0.25, -0.2) is 4.99 Å². The van der Waals surface area contributed by atoms with Crippen molar-refractivity contribution in [1.29, 1.82) is 0 Å². The molecular formula is C22H25N3O2S2. The van der Waals surface area contributed by atoms with Gasteiger partial charge in [0.15, 0.2) is 5.16 Å². The summed E-state index contributed by atoms with van der Waals surface area (Å²) in [5.41, 5.74) is 3.27. The van der Waals surface area contributed by atoms with Crippen LogP contribution in [0.5, 0.6) is 11.8 Å². The van der Waals surface area contributed by atoms with Crippen molar-refractivity contribution in [2.45, 2.75) is 32.3 Å². The van der Waals surface area contributed by atoms with E-state index in [2.05, 4.69) is 54.9 Å². The van der Waals surface area contributed by atoms with Crippen LogP contribution in [0, 0.1) is 12.3 Å². The molecule has 1 fully saturated rings. The lowest BCUT2D eigenvalue weighted by Gasteiger charge is -2.33. The molecule has 0 amide bonds. The standard InChI is InChI=1S/C22H25N3O2S2/c1-14-7-9-17(10-8-14)23-20-16(12-22(3,4)15(2)29-20)13-28-21-24-18(26-5)11-19(25-21)27-6/h7-11,13H,2,12H2,1,3-6H3/b16-13+,23-20?. The molecule has 152 valence electrons. The van der Waals surface area contributed by atoms with E-state index in [-0.39, 0.29) is 5.41 Å². The zero-order valence-electron chi connectivity index (χ0n) is 17.4. The molecule has 1 saturated heterocycles. The monoisotopic (exact) mass is 427 g/mol. The van der Waals surface area contributed by atoms with Gasteiger partial charge < -0.3 is 9.47 Å². The summed E-state index contributed by atoms with van der Waals surface area (Å²) in [5, 5.41) is 3.60. The summed E-state index contributed by atoms with van der Waals surface area (Å²) in [6.45, 7) is 10.7. The number of ether oxygens (including phenoxy) is 2. The van der Waals surface area contributed by atoms with E-state index < -0.39 is 0 Å². The molecule has 5 nitrogen and oxygen atoms in total. The second kappa shape index (κ2) is 9.05. The molecule has 2 aromatic rings. The first-order valence-corrected chi connectivity index (χ1v) is 10.9. The highest BCUT2D eigenvalue weighted by Gasteiger charge is 2.32. The molecule has 1 aromatic heterocycles. The van der Waals surface area contributed by atoms with Crippen molar-refractivity contribution in [2.75, 3.05) is 14.2 Å². The van der Waals surface area contributed by atoms with Crippen LogP contribution in [0.15, 0.2) is 62.9 Å². The number of allylic oxidation sites excluding steroid dienone is 1. The molecule has 29 heavy (non-hydrogen) atoms. The average molecular weight is 428 g/mol. The van der Waals surface area contributed by atoms with Crippen molar-refractivity contribution in [2.24, 2.45) is 10.4 Å². The van der Waals surface area contributed by atoms with Crippen molar-refractivity contribution >= 4 is 34.3 Å². The summed E-state index contributed by atoms with van der Waals surface area (Å²) in [5.74, 6) is 0.941. The average Bonchev–Trinajstić information content (AvgIpc) is 2.70. The Hall–Kier alpha value is -2.25. The summed E-state index contributed by atoms with van der Waals surface area (Å²) in [7, 11) is 3.15. The van der Waals surface area contributed by atoms with Crippen LogP contribution in [0.25, 0.3) is 0 Å². The first-order chi connectivity index (χ1) is 13.8. The summed E-state index contributed by atoms with van der Waals surface area (Å²) in [6.07, 6.45) is 0.845. The maximum absolute atomic E-state index is 5.24. The van der Waals surface area contributed by atoms with Gasteiger partial charge in [0.25, 0.3) is 0 Å². The Bertz CT molecular complexity index is 944. The van der Waals surface area contributed by atoms with Crippen molar-refractivity contribution in [3.05, 3.63) is 58.4 Å². The van der Waals surface area contributed by atoms with Gasteiger partial charge in [-0.15, -0.1) is 0 Å². The number of thioether (sulfide) groups is 2. The van der Waals surface area contributed by atoms with Gasteiger partial charge in [0.2, 0.25) is 11.8 Å². The summed E-state index contributed by atoms with van der Waals surface area (Å²) in [4.78, 5) is 14.8. The van der Waals surface area contributed by atoms with Gasteiger partial charge in [-0.3, -0.25) is 0 Å². The van der Waals surface area contributed by atoms with E-state index in [0.717, 1.165) is 27.6 Å². The Kier molecular flexibility index (Phi) is 6.70. The van der Waals surface area contributed by atoms with E-state index in [1.54, 1.807) is 32.0 Å². The Morgan fingerprint density at radius 3 is 2.34 bits per heavy atom. The SMILES string of the molecule is C=C1SC(=Nc2ccc(C)cc2)/C(=C/Sc2nc(OC)cc(OC)n2)CC1(C)C. The Labute approximate surface area is 180 Å². The van der Waals surface area contributed by atoms with Crippen LogP contribution < -0.4 is 9.47 Å². The lowest BCUT2D eigenvalue weighted by atomic mass is 9.85. The van der Waals surface area contributed by atoms with Crippen LogP contribution in [-0.2, 0) is 0 Å². The maximum atomic E-state index is 5.24. The fourth-order valence-corrected chi connectivity index (χ4v) is 4.46. The molecule has 0 spiro atoms. The third-order valence-electron chi connectivity index (χ3n) is 4.53. The molecule has 1 aliphatic rings. The van der Waals surface area contributed by atoms with Crippen molar-refractivity contribution < 1.29 is 9.47 Å². The molecule has 0 bridgehead atoms. The quantitative estimate of drug-likeness (QED) is 0.419. The van der Waals surface area contributed by atoms with Gasteiger partial charge in [-0.2, -0.15) is 9.97 Å². The second-order valence-electron chi connectivity index (χ2n) is 7.33.